The van der Waals surface area contributed by atoms with Crippen molar-refractivity contribution in [3.05, 3.63) is 87.0 Å². The zero-order valence-corrected chi connectivity index (χ0v) is 34.8. The van der Waals surface area contributed by atoms with Gasteiger partial charge < -0.3 is 14.9 Å². The van der Waals surface area contributed by atoms with Gasteiger partial charge in [0.2, 0.25) is 0 Å². The van der Waals surface area contributed by atoms with Crippen molar-refractivity contribution in [2.75, 3.05) is 7.11 Å². The van der Waals surface area contributed by atoms with Crippen LogP contribution < -0.4 is 4.74 Å². The zero-order valence-electron chi connectivity index (χ0n) is 34.8. The van der Waals surface area contributed by atoms with E-state index in [0.29, 0.717) is 22.6 Å². The second-order valence-electron chi connectivity index (χ2n) is 19.6. The highest BCUT2D eigenvalue weighted by molar-refractivity contribution is 5.82. The summed E-state index contributed by atoms with van der Waals surface area (Å²) in [6, 6.07) is 13.8. The van der Waals surface area contributed by atoms with Gasteiger partial charge in [0.25, 0.3) is 0 Å². The summed E-state index contributed by atoms with van der Waals surface area (Å²) in [7, 11) is 1.62. The molecule has 0 atom stereocenters. The average molecular weight is 689 g/mol. The van der Waals surface area contributed by atoms with Crippen LogP contribution in [0, 0.1) is 0 Å². The van der Waals surface area contributed by atoms with Gasteiger partial charge in [0.1, 0.15) is 17.2 Å². The molecule has 0 aliphatic heterocycles. The summed E-state index contributed by atoms with van der Waals surface area (Å²) in [5.41, 5.74) is 7.32. The van der Waals surface area contributed by atoms with Crippen molar-refractivity contribution in [1.29, 1.82) is 0 Å². The second kappa shape index (κ2) is 15.7. The Morgan fingerprint density at radius 2 is 0.820 bits per heavy atom. The molecule has 3 rings (SSSR count). The van der Waals surface area contributed by atoms with Crippen LogP contribution in [0.2, 0.25) is 0 Å². The zero-order chi connectivity index (χ0) is 39.4. The van der Waals surface area contributed by atoms with E-state index < -0.39 is 0 Å². The Hall–Kier alpha value is -3.60. The number of aldehydes is 2. The molecule has 0 saturated carbocycles. The quantitative estimate of drug-likeness (QED) is 0.268. The lowest BCUT2D eigenvalue weighted by Crippen LogP contribution is -2.18. The first kappa shape index (κ1) is 44.4. The largest absolute Gasteiger partial charge is 0.508 e. The Morgan fingerprint density at radius 1 is 0.460 bits per heavy atom. The molecule has 0 aliphatic rings. The normalized spacial score (nSPS) is 12.6. The summed E-state index contributed by atoms with van der Waals surface area (Å²) in [5, 5.41) is 19.9. The number of carbonyl (C=O) groups excluding carboxylic acids is 2. The fraction of sp³-hybridized carbons (Fsp3) is 0.556. The molecule has 3 aromatic rings. The fourth-order valence-corrected chi connectivity index (χ4v) is 5.31. The molecule has 0 amide bonds. The van der Waals surface area contributed by atoms with E-state index in [2.05, 4.69) is 116 Å². The van der Waals surface area contributed by atoms with E-state index in [9.17, 15) is 19.8 Å². The number of hydrogen-bond donors (Lipinski definition) is 2. The summed E-state index contributed by atoms with van der Waals surface area (Å²) >= 11 is 0. The summed E-state index contributed by atoms with van der Waals surface area (Å²) < 4.78 is 5.43. The van der Waals surface area contributed by atoms with E-state index in [1.54, 1.807) is 19.2 Å². The highest BCUT2D eigenvalue weighted by Crippen LogP contribution is 2.39. The molecule has 0 unspecified atom stereocenters. The van der Waals surface area contributed by atoms with Crippen molar-refractivity contribution in [2.24, 2.45) is 0 Å². The highest BCUT2D eigenvalue weighted by Gasteiger charge is 2.27. The van der Waals surface area contributed by atoms with Crippen LogP contribution in [0.4, 0.5) is 0 Å². The summed E-state index contributed by atoms with van der Waals surface area (Å²) in [6.07, 6.45) is 1.60. The van der Waals surface area contributed by atoms with Gasteiger partial charge in [0.15, 0.2) is 12.6 Å². The Bertz CT molecular complexity index is 1620. The van der Waals surface area contributed by atoms with Crippen LogP contribution in [0.3, 0.4) is 0 Å². The number of phenols is 2. The standard InChI is InChI=1S/C16H24O2.C15H22O2.C14H22O/c1-15(2,3)12-8-11(10-17)14(18-7)13(9-12)16(4,5)6;1-14(2,3)11-7-10(9-16)13(17)12(8-11)15(4,5)6;1-13(2,3)10-7-8-12(15)11(9-10)14(4,5)6/h8-10H,1-7H3;7-9,17H,1-6H3;7-9,15H,1-6H3. The molecule has 278 valence electrons. The SMILES string of the molecule is CC(C)(C)c1cc(C=O)c(O)c(C(C)(C)C)c1.CC(C)(C)c1ccc(O)c(C(C)(C)C)c1.COc1c(C=O)cc(C(C)(C)C)cc1C(C)(C)C. The molecular formula is C45H68O5. The second-order valence-corrected chi connectivity index (χ2v) is 19.6. The number of hydrogen-bond acceptors (Lipinski definition) is 5. The lowest BCUT2D eigenvalue weighted by Gasteiger charge is -2.27. The monoisotopic (exact) mass is 689 g/mol. The summed E-state index contributed by atoms with van der Waals surface area (Å²) in [6.45, 7) is 38.1. The lowest BCUT2D eigenvalue weighted by molar-refractivity contribution is 0.111. The van der Waals surface area contributed by atoms with Crippen LogP contribution in [-0.4, -0.2) is 29.9 Å². The highest BCUT2D eigenvalue weighted by atomic mass is 16.5. The summed E-state index contributed by atoms with van der Waals surface area (Å²) in [4.78, 5) is 22.3. The van der Waals surface area contributed by atoms with Crippen molar-refractivity contribution in [3.63, 3.8) is 0 Å². The number of benzene rings is 3. The molecule has 5 heteroatoms. The molecule has 0 spiro atoms. The van der Waals surface area contributed by atoms with Gasteiger partial charge in [-0.1, -0.05) is 149 Å². The molecular weight excluding hydrogens is 620 g/mol. The van der Waals surface area contributed by atoms with Gasteiger partial charge in [0, 0.05) is 11.1 Å². The maximum Gasteiger partial charge on any atom is 0.153 e. The van der Waals surface area contributed by atoms with Gasteiger partial charge in [-0.25, -0.2) is 0 Å². The Labute approximate surface area is 304 Å². The van der Waals surface area contributed by atoms with E-state index in [1.165, 1.54) is 5.56 Å². The van der Waals surface area contributed by atoms with Crippen LogP contribution in [0.25, 0.3) is 0 Å². The van der Waals surface area contributed by atoms with E-state index in [0.717, 1.165) is 40.4 Å². The van der Waals surface area contributed by atoms with E-state index in [4.69, 9.17) is 4.74 Å². The predicted molar refractivity (Wildman–Crippen MR) is 212 cm³/mol. The molecule has 2 N–H and O–H groups in total. The number of ether oxygens (including phenoxy) is 1. The van der Waals surface area contributed by atoms with Gasteiger partial charge >= 0.3 is 0 Å². The topological polar surface area (TPSA) is 83.8 Å². The number of methoxy groups -OCH3 is 1. The molecule has 0 fully saturated rings. The van der Waals surface area contributed by atoms with Gasteiger partial charge in [-0.15, -0.1) is 0 Å². The van der Waals surface area contributed by atoms with Crippen molar-refractivity contribution in [2.45, 2.75) is 157 Å². The molecule has 0 radical (unpaired) electrons. The number of carbonyl (C=O) groups is 2. The smallest absolute Gasteiger partial charge is 0.153 e. The predicted octanol–water partition coefficient (Wildman–Crippen LogP) is 11.9. The maximum atomic E-state index is 11.3. The fourth-order valence-electron chi connectivity index (χ4n) is 5.31. The summed E-state index contributed by atoms with van der Waals surface area (Å²) in [5.74, 6) is 1.21. The van der Waals surface area contributed by atoms with E-state index in [1.807, 2.05) is 39.0 Å². The third-order valence-corrected chi connectivity index (χ3v) is 8.73. The van der Waals surface area contributed by atoms with E-state index >= 15 is 0 Å². The number of phenolic OH excluding ortho intramolecular Hbond substituents is 2. The molecule has 0 saturated heterocycles. The van der Waals surface area contributed by atoms with Crippen LogP contribution in [0.1, 0.15) is 179 Å². The molecule has 0 aromatic heterocycles. The first-order chi connectivity index (χ1) is 22.3. The third-order valence-electron chi connectivity index (χ3n) is 8.73. The molecule has 3 aromatic carbocycles. The minimum absolute atomic E-state index is 0.00859. The molecule has 0 bridgehead atoms. The third kappa shape index (κ3) is 12.0. The Kier molecular flexibility index (Phi) is 14.0. The van der Waals surface area contributed by atoms with Crippen LogP contribution in [0.5, 0.6) is 17.2 Å². The first-order valence-electron chi connectivity index (χ1n) is 17.7. The molecule has 50 heavy (non-hydrogen) atoms. The molecule has 0 aliphatic carbocycles. The van der Waals surface area contributed by atoms with Crippen molar-refractivity contribution in [1.82, 2.24) is 0 Å². The van der Waals surface area contributed by atoms with Crippen LogP contribution in [-0.2, 0) is 32.5 Å². The maximum absolute atomic E-state index is 11.3. The van der Waals surface area contributed by atoms with Crippen molar-refractivity contribution in [3.8, 4) is 17.2 Å². The van der Waals surface area contributed by atoms with Crippen molar-refractivity contribution >= 4 is 12.6 Å². The van der Waals surface area contributed by atoms with Gasteiger partial charge in [-0.2, -0.15) is 0 Å². The minimum Gasteiger partial charge on any atom is -0.508 e. The average Bonchev–Trinajstić information content (AvgIpc) is 2.94. The minimum atomic E-state index is -0.177. The van der Waals surface area contributed by atoms with Gasteiger partial charge in [-0.3, -0.25) is 9.59 Å². The molecule has 5 nitrogen and oxygen atoms in total. The Morgan fingerprint density at radius 3 is 1.16 bits per heavy atom. The van der Waals surface area contributed by atoms with Crippen LogP contribution in [0.15, 0.2) is 42.5 Å². The van der Waals surface area contributed by atoms with E-state index in [-0.39, 0.29) is 38.2 Å². The Balaban J connectivity index is 0.000000377. The first-order valence-corrected chi connectivity index (χ1v) is 17.7. The van der Waals surface area contributed by atoms with Gasteiger partial charge in [-0.05, 0) is 72.9 Å². The van der Waals surface area contributed by atoms with Gasteiger partial charge in [0.05, 0.1) is 18.2 Å². The number of rotatable bonds is 3. The van der Waals surface area contributed by atoms with Crippen LogP contribution >= 0.6 is 0 Å². The molecule has 0 heterocycles. The lowest BCUT2D eigenvalue weighted by atomic mass is 9.79. The van der Waals surface area contributed by atoms with Crippen molar-refractivity contribution < 1.29 is 24.5 Å². The number of aromatic hydroxyl groups is 2.